The molecule has 0 radical (unpaired) electrons. The van der Waals surface area contributed by atoms with Crippen LogP contribution in [0, 0.1) is 13.8 Å². The number of hydrogen-bond acceptors (Lipinski definition) is 4. The molecular formula is C50H44N2O2. The van der Waals surface area contributed by atoms with Gasteiger partial charge in [0.05, 0.1) is 5.69 Å². The molecule has 7 aromatic rings. The van der Waals surface area contributed by atoms with Crippen molar-refractivity contribution < 1.29 is 10.2 Å². The molecule has 2 aliphatic rings. The average molecular weight is 705 g/mol. The van der Waals surface area contributed by atoms with Crippen LogP contribution in [0.4, 0.5) is 0 Å². The lowest BCUT2D eigenvalue weighted by molar-refractivity contribution is 0.237. The second-order valence-electron chi connectivity index (χ2n) is 15.5. The molecule has 4 heteroatoms. The summed E-state index contributed by atoms with van der Waals surface area (Å²) >= 11 is 0. The maximum absolute atomic E-state index is 12.4. The van der Waals surface area contributed by atoms with Gasteiger partial charge in [0.15, 0.2) is 0 Å². The summed E-state index contributed by atoms with van der Waals surface area (Å²) in [4.78, 5) is 6.99. The zero-order chi connectivity index (χ0) is 37.2. The normalized spacial score (nSPS) is 14.4. The lowest BCUT2D eigenvalue weighted by atomic mass is 9.73. The van der Waals surface area contributed by atoms with Crippen molar-refractivity contribution >= 4 is 0 Å². The molecule has 0 bridgehead atoms. The maximum Gasteiger partial charge on any atom is 0.124 e. The molecule has 54 heavy (non-hydrogen) atoms. The number of aryl methyl sites for hydroxylation is 2. The van der Waals surface area contributed by atoms with Gasteiger partial charge in [-0.05, 0) is 84.3 Å². The van der Waals surface area contributed by atoms with Crippen LogP contribution in [0.15, 0.2) is 146 Å². The third-order valence-electron chi connectivity index (χ3n) is 12.1. The Kier molecular flexibility index (Phi) is 8.06. The minimum Gasteiger partial charge on any atom is -0.507 e. The summed E-state index contributed by atoms with van der Waals surface area (Å²) in [5.74, 6) is 0.614. The van der Waals surface area contributed by atoms with Crippen molar-refractivity contribution in [3.8, 4) is 33.8 Å². The van der Waals surface area contributed by atoms with E-state index in [1.165, 1.54) is 44.5 Å². The van der Waals surface area contributed by atoms with E-state index in [1.54, 1.807) is 0 Å². The van der Waals surface area contributed by atoms with Gasteiger partial charge in [-0.1, -0.05) is 139 Å². The predicted molar refractivity (Wildman–Crippen MR) is 218 cm³/mol. The largest absolute Gasteiger partial charge is 0.507 e. The highest BCUT2D eigenvalue weighted by Crippen LogP contribution is 2.56. The number of fused-ring (bicyclic) bond motifs is 6. The molecule has 2 aliphatic carbocycles. The van der Waals surface area contributed by atoms with Gasteiger partial charge in [0.1, 0.15) is 11.5 Å². The van der Waals surface area contributed by atoms with Crippen LogP contribution in [0.3, 0.4) is 0 Å². The Morgan fingerprint density at radius 3 is 1.20 bits per heavy atom. The van der Waals surface area contributed by atoms with Crippen molar-refractivity contribution in [3.63, 3.8) is 0 Å². The van der Waals surface area contributed by atoms with E-state index in [9.17, 15) is 10.2 Å². The zero-order valence-corrected chi connectivity index (χ0v) is 31.3. The number of nitrogens with zero attached hydrogens (tertiary/aromatic N) is 2. The molecule has 0 amide bonds. The minimum absolute atomic E-state index is 0.307. The van der Waals surface area contributed by atoms with Gasteiger partial charge in [0.2, 0.25) is 0 Å². The van der Waals surface area contributed by atoms with E-state index in [4.69, 9.17) is 4.98 Å². The van der Waals surface area contributed by atoms with Crippen molar-refractivity contribution in [2.45, 2.75) is 58.2 Å². The maximum atomic E-state index is 12.4. The van der Waals surface area contributed by atoms with Crippen molar-refractivity contribution in [1.29, 1.82) is 0 Å². The summed E-state index contributed by atoms with van der Waals surface area (Å²) in [6.45, 7) is 10.2. The standard InChI is InChI=1S/C50H44N2O2/c1-32-25-34(47(53)45(27-32)49(3)41-20-9-5-16-37(41)38-17-6-10-21-42(38)49)29-52(31-36-15-13-14-24-51-36)30-35-26-33(2)28-46(48(35)54)50(4)43-22-11-7-18-39(43)40-19-8-12-23-44(40)50/h5-28,53-54H,29-31H2,1-4H3. The quantitative estimate of drug-likeness (QED) is 0.165. The number of benzene rings is 6. The first-order valence-corrected chi connectivity index (χ1v) is 18.8. The molecule has 0 aliphatic heterocycles. The van der Waals surface area contributed by atoms with E-state index < -0.39 is 10.8 Å². The third kappa shape index (κ3) is 5.20. The average Bonchev–Trinajstić information content (AvgIpc) is 3.61. The van der Waals surface area contributed by atoms with Crippen LogP contribution in [0.1, 0.15) is 75.2 Å². The van der Waals surface area contributed by atoms with Gasteiger partial charge in [-0.3, -0.25) is 9.88 Å². The molecule has 0 saturated heterocycles. The van der Waals surface area contributed by atoms with E-state index >= 15 is 0 Å². The third-order valence-corrected chi connectivity index (χ3v) is 12.1. The molecule has 9 rings (SSSR count). The molecule has 2 N–H and O–H groups in total. The lowest BCUT2D eigenvalue weighted by Gasteiger charge is -2.32. The minimum atomic E-state index is -0.531. The monoisotopic (exact) mass is 704 g/mol. The number of phenolic OH excluding ortho intramolecular Hbond substituents is 2. The molecule has 0 fully saturated rings. The van der Waals surface area contributed by atoms with Crippen molar-refractivity contribution in [2.75, 3.05) is 0 Å². The van der Waals surface area contributed by atoms with E-state index in [1.807, 2.05) is 24.4 Å². The molecule has 0 saturated carbocycles. The zero-order valence-electron chi connectivity index (χ0n) is 31.3. The topological polar surface area (TPSA) is 56.6 Å². The number of pyridine rings is 1. The fourth-order valence-electron chi connectivity index (χ4n) is 9.57. The molecule has 6 aromatic carbocycles. The molecular weight excluding hydrogens is 661 g/mol. The van der Waals surface area contributed by atoms with Crippen molar-refractivity contribution in [3.05, 3.63) is 207 Å². The Labute approximate surface area is 318 Å². The second kappa shape index (κ2) is 12.9. The van der Waals surface area contributed by atoms with E-state index in [-0.39, 0.29) is 0 Å². The predicted octanol–water partition coefficient (Wildman–Crippen LogP) is 11.0. The van der Waals surface area contributed by atoms with E-state index in [0.717, 1.165) is 39.1 Å². The highest BCUT2D eigenvalue weighted by atomic mass is 16.3. The number of aromatic nitrogens is 1. The Morgan fingerprint density at radius 2 is 0.833 bits per heavy atom. The van der Waals surface area contributed by atoms with Crippen molar-refractivity contribution in [1.82, 2.24) is 9.88 Å². The number of aromatic hydroxyl groups is 2. The molecule has 4 nitrogen and oxygen atoms in total. The first-order valence-electron chi connectivity index (χ1n) is 18.8. The summed E-state index contributed by atoms with van der Waals surface area (Å²) in [7, 11) is 0. The highest BCUT2D eigenvalue weighted by Gasteiger charge is 2.44. The SMILES string of the molecule is Cc1cc(CN(Cc2ccccn2)Cc2cc(C)cc(C3(C)c4ccccc4-c4ccccc43)c2O)c(O)c(C2(C)c3ccccc3-c3ccccc32)c1. The molecule has 0 spiro atoms. The van der Waals surface area contributed by atoms with Gasteiger partial charge in [-0.25, -0.2) is 0 Å². The molecule has 0 atom stereocenters. The Bertz CT molecular complexity index is 2320. The number of phenols is 2. The summed E-state index contributed by atoms with van der Waals surface area (Å²) < 4.78 is 0. The molecule has 266 valence electrons. The van der Waals surface area contributed by atoms with Crippen LogP contribution in [0.5, 0.6) is 11.5 Å². The smallest absolute Gasteiger partial charge is 0.124 e. The Balaban J connectivity index is 1.14. The van der Waals surface area contributed by atoms with Gasteiger partial charge < -0.3 is 10.2 Å². The van der Waals surface area contributed by atoms with Crippen LogP contribution in [-0.4, -0.2) is 20.1 Å². The van der Waals surface area contributed by atoms with Crippen LogP contribution < -0.4 is 0 Å². The molecule has 0 unspecified atom stereocenters. The molecule has 1 aromatic heterocycles. The van der Waals surface area contributed by atoms with Gasteiger partial charge in [-0.2, -0.15) is 0 Å². The van der Waals surface area contributed by atoms with Crippen LogP contribution >= 0.6 is 0 Å². The fraction of sp³-hybridized carbons (Fsp3) is 0.180. The van der Waals surface area contributed by atoms with Crippen LogP contribution in [0.2, 0.25) is 0 Å². The summed E-state index contributed by atoms with van der Waals surface area (Å²) in [6.07, 6.45) is 1.82. The first-order chi connectivity index (χ1) is 26.2. The fourth-order valence-corrected chi connectivity index (χ4v) is 9.57. The number of rotatable bonds is 8. The molecule has 1 heterocycles. The highest BCUT2D eigenvalue weighted by molar-refractivity contribution is 5.85. The van der Waals surface area contributed by atoms with Gasteiger partial charge in [0.25, 0.3) is 0 Å². The van der Waals surface area contributed by atoms with Gasteiger partial charge >= 0.3 is 0 Å². The summed E-state index contributed by atoms with van der Waals surface area (Å²) in [5.41, 5.74) is 15.2. The lowest BCUT2D eigenvalue weighted by Crippen LogP contribution is -2.26. The van der Waals surface area contributed by atoms with E-state index in [2.05, 4.69) is 154 Å². The Hall–Kier alpha value is -5.97. The second-order valence-corrected chi connectivity index (χ2v) is 15.5. The Morgan fingerprint density at radius 1 is 0.463 bits per heavy atom. The summed E-state index contributed by atoms with van der Waals surface area (Å²) in [5, 5.41) is 24.8. The first kappa shape index (κ1) is 33.8. The van der Waals surface area contributed by atoms with Crippen LogP contribution in [0.25, 0.3) is 22.3 Å². The van der Waals surface area contributed by atoms with Gasteiger partial charge in [0, 0.05) is 58.9 Å². The van der Waals surface area contributed by atoms with Gasteiger partial charge in [-0.15, -0.1) is 0 Å². The van der Waals surface area contributed by atoms with Crippen LogP contribution in [-0.2, 0) is 30.5 Å². The van der Waals surface area contributed by atoms with E-state index in [0.29, 0.717) is 31.1 Å². The summed E-state index contributed by atoms with van der Waals surface area (Å²) in [6, 6.07) is 48.8. The number of hydrogen-bond donors (Lipinski definition) is 2. The van der Waals surface area contributed by atoms with Crippen molar-refractivity contribution in [2.24, 2.45) is 0 Å².